The Bertz CT molecular complexity index is 891. The van der Waals surface area contributed by atoms with Gasteiger partial charge in [0.05, 0.1) is 13.2 Å². The fraction of sp³-hybridized carbons (Fsp3) is 1.00. The van der Waals surface area contributed by atoms with Crippen LogP contribution in [0, 0.1) is 0 Å². The Hall–Kier alpha value is -0.880. The molecule has 18 atom stereocenters. The van der Waals surface area contributed by atoms with Crippen molar-refractivity contribution in [3.05, 3.63) is 0 Å². The van der Waals surface area contributed by atoms with Crippen molar-refractivity contribution in [2.24, 2.45) is 0 Å². The molecule has 22 heteroatoms. The molecule has 0 radical (unpaired) electrons. The van der Waals surface area contributed by atoms with E-state index in [9.17, 15) is 71.5 Å². The van der Waals surface area contributed by atoms with Crippen molar-refractivity contribution >= 4 is 0 Å². The molecule has 4 fully saturated rings. The Morgan fingerprint density at radius 3 is 1.07 bits per heavy atom. The fourth-order valence-corrected chi connectivity index (χ4v) is 5.47. The van der Waals surface area contributed by atoms with Gasteiger partial charge in [0.25, 0.3) is 0 Å². The Labute approximate surface area is 259 Å². The van der Waals surface area contributed by atoms with Gasteiger partial charge in [-0.2, -0.15) is 0 Å². The number of aliphatic hydroxyl groups is 14. The first-order valence-corrected chi connectivity index (χ1v) is 14.2. The van der Waals surface area contributed by atoms with Crippen LogP contribution in [0.25, 0.3) is 0 Å². The highest BCUT2D eigenvalue weighted by atomic mass is 17.2. The van der Waals surface area contributed by atoms with E-state index < -0.39 is 149 Å². The maximum absolute atomic E-state index is 10.4. The summed E-state index contributed by atoms with van der Waals surface area (Å²) in [5, 5.41) is 141. The van der Waals surface area contributed by atoms with Crippen molar-refractivity contribution in [2.75, 3.05) is 39.6 Å². The summed E-state index contributed by atoms with van der Waals surface area (Å²) in [6.07, 6.45) is -28.5. The fourth-order valence-electron chi connectivity index (χ4n) is 5.47. The molecule has 0 aromatic heterocycles. The summed E-state index contributed by atoms with van der Waals surface area (Å²) >= 11 is 0. The second-order valence-electron chi connectivity index (χ2n) is 11.3. The van der Waals surface area contributed by atoms with Crippen LogP contribution in [0.2, 0.25) is 0 Å². The number of hydrogen-bond donors (Lipinski definition) is 14. The quantitative estimate of drug-likeness (QED) is 0.0487. The highest BCUT2D eigenvalue weighted by Crippen LogP contribution is 2.37. The van der Waals surface area contributed by atoms with Crippen LogP contribution in [-0.4, -0.2) is 221 Å². The predicted molar refractivity (Wildman–Crippen MR) is 135 cm³/mol. The summed E-state index contributed by atoms with van der Waals surface area (Å²) < 4.78 is 32.1. The molecule has 4 saturated heterocycles. The summed E-state index contributed by atoms with van der Waals surface area (Å²) in [6, 6.07) is 0. The Balaban J connectivity index is 1.35. The maximum Gasteiger partial charge on any atom is 0.224 e. The number of ether oxygens (including phenoxy) is 6. The van der Waals surface area contributed by atoms with Crippen LogP contribution in [0.1, 0.15) is 0 Å². The van der Waals surface area contributed by atoms with E-state index in [1.54, 1.807) is 0 Å². The Kier molecular flexibility index (Phi) is 12.7. The van der Waals surface area contributed by atoms with Crippen molar-refractivity contribution < 1.29 is 110 Å². The summed E-state index contributed by atoms with van der Waals surface area (Å²) in [5.74, 6) is -4.82. The van der Waals surface area contributed by atoms with Crippen LogP contribution in [0.3, 0.4) is 0 Å². The first-order valence-electron chi connectivity index (χ1n) is 14.2. The van der Waals surface area contributed by atoms with Gasteiger partial charge in [-0.05, 0) is 0 Å². The minimum absolute atomic E-state index is 0.718. The summed E-state index contributed by atoms with van der Waals surface area (Å²) in [4.78, 5) is 9.95. The number of aliphatic hydroxyl groups excluding tert-OH is 14. The summed E-state index contributed by atoms with van der Waals surface area (Å²) in [7, 11) is 0. The lowest BCUT2D eigenvalue weighted by molar-refractivity contribution is -0.406. The second-order valence-corrected chi connectivity index (χ2v) is 11.3. The van der Waals surface area contributed by atoms with Gasteiger partial charge < -0.3 is 99.9 Å². The molecule has 14 N–H and O–H groups in total. The average Bonchev–Trinajstić information content (AvgIpc) is 3.44. The van der Waals surface area contributed by atoms with Crippen LogP contribution < -0.4 is 0 Å². The molecule has 4 heterocycles. The van der Waals surface area contributed by atoms with Crippen molar-refractivity contribution in [2.45, 2.75) is 110 Å². The van der Waals surface area contributed by atoms with E-state index in [0.717, 1.165) is 0 Å². The summed E-state index contributed by atoms with van der Waals surface area (Å²) in [5.41, 5.74) is 0. The largest absolute Gasteiger partial charge is 0.394 e. The molecule has 0 aromatic rings. The smallest absolute Gasteiger partial charge is 0.224 e. The van der Waals surface area contributed by atoms with Gasteiger partial charge in [-0.15, -0.1) is 0 Å². The molecular formula is C24H42O22. The first-order chi connectivity index (χ1) is 21.7. The van der Waals surface area contributed by atoms with Crippen LogP contribution >= 0.6 is 0 Å². The zero-order chi connectivity index (χ0) is 34.1. The molecule has 4 rings (SSSR count). The third-order valence-corrected chi connectivity index (χ3v) is 8.33. The van der Waals surface area contributed by atoms with Crippen molar-refractivity contribution in [1.29, 1.82) is 0 Å². The van der Waals surface area contributed by atoms with Gasteiger partial charge in [0, 0.05) is 0 Å². The standard InChI is InChI=1S/C24H42O22/c25-1-7-13(31)19(37)23(5-27,43-7)45-21-17(35)15(33)11(29)9(41-21)3-39-40-4-10-12(30)16(34)18(36)22(42-10)46-24(6-28)20(38)14(32)8(2-26)44-24/h7-22,25-38H,1-6H2/t7-,8-,9-,10-,11-,12-,13-,14-,15+,16+,17-,18-,19+,20+,21-,22-,23+,24+/m1/s1. The summed E-state index contributed by atoms with van der Waals surface area (Å²) in [6.45, 7) is -5.19. The highest BCUT2D eigenvalue weighted by Gasteiger charge is 2.60. The molecule has 0 saturated carbocycles. The van der Waals surface area contributed by atoms with Crippen molar-refractivity contribution in [3.63, 3.8) is 0 Å². The SMILES string of the molecule is OC[C@H]1O[C@@](CO)(O[C@H]2O[C@H](COOC[C@H]3O[C@H](O[C@]4(CO)O[C@H](CO)[C@@H](O)[C@@H]4O)[C@H](O)[C@@H](O)[C@@H]3O)[C@@H](O)[C@H](O)[C@H]2O)[C@@H](O)[C@@H]1O. The normalized spacial score (nSPS) is 51.5. The van der Waals surface area contributed by atoms with E-state index >= 15 is 0 Å². The number of hydrogen-bond acceptors (Lipinski definition) is 22. The van der Waals surface area contributed by atoms with E-state index in [2.05, 4.69) is 0 Å². The van der Waals surface area contributed by atoms with E-state index in [4.69, 9.17) is 38.2 Å². The zero-order valence-corrected chi connectivity index (χ0v) is 24.0. The van der Waals surface area contributed by atoms with Crippen LogP contribution in [0.5, 0.6) is 0 Å². The van der Waals surface area contributed by atoms with Crippen LogP contribution in [0.4, 0.5) is 0 Å². The highest BCUT2D eigenvalue weighted by molar-refractivity contribution is 5.00. The minimum Gasteiger partial charge on any atom is -0.394 e. The molecular weight excluding hydrogens is 640 g/mol. The third-order valence-electron chi connectivity index (χ3n) is 8.33. The lowest BCUT2D eigenvalue weighted by atomic mass is 9.99. The van der Waals surface area contributed by atoms with Crippen molar-refractivity contribution in [3.8, 4) is 0 Å². The first kappa shape index (κ1) is 37.9. The number of rotatable bonds is 13. The second kappa shape index (κ2) is 15.3. The molecule has 0 aliphatic carbocycles. The molecule has 0 unspecified atom stereocenters. The lowest BCUT2D eigenvalue weighted by Gasteiger charge is -2.44. The van der Waals surface area contributed by atoms with E-state index in [0.29, 0.717) is 0 Å². The molecule has 0 spiro atoms. The van der Waals surface area contributed by atoms with E-state index in [1.165, 1.54) is 0 Å². The van der Waals surface area contributed by atoms with Gasteiger partial charge >= 0.3 is 0 Å². The Morgan fingerprint density at radius 2 is 0.783 bits per heavy atom. The molecule has 0 amide bonds. The topological polar surface area (TPSA) is 357 Å². The van der Waals surface area contributed by atoms with Gasteiger partial charge in [0.15, 0.2) is 12.6 Å². The van der Waals surface area contributed by atoms with Crippen molar-refractivity contribution in [1.82, 2.24) is 0 Å². The van der Waals surface area contributed by atoms with Gasteiger partial charge in [0.1, 0.15) is 112 Å². The van der Waals surface area contributed by atoms with E-state index in [1.807, 2.05) is 0 Å². The monoisotopic (exact) mass is 682 g/mol. The molecule has 4 aliphatic rings. The zero-order valence-electron chi connectivity index (χ0n) is 24.0. The van der Waals surface area contributed by atoms with Gasteiger partial charge in [-0.3, -0.25) is 0 Å². The molecule has 0 bridgehead atoms. The lowest BCUT2D eigenvalue weighted by Crippen LogP contribution is -2.63. The molecule has 0 aromatic carbocycles. The average molecular weight is 683 g/mol. The Morgan fingerprint density at radius 1 is 0.435 bits per heavy atom. The molecule has 270 valence electrons. The third kappa shape index (κ3) is 7.06. The maximum atomic E-state index is 10.4. The predicted octanol–water partition coefficient (Wildman–Crippen LogP) is -9.81. The van der Waals surface area contributed by atoms with Crippen LogP contribution in [-0.2, 0) is 38.2 Å². The van der Waals surface area contributed by atoms with E-state index in [-0.39, 0.29) is 0 Å². The molecule has 46 heavy (non-hydrogen) atoms. The van der Waals surface area contributed by atoms with Gasteiger partial charge in [-0.1, -0.05) is 0 Å². The van der Waals surface area contributed by atoms with Crippen LogP contribution in [0.15, 0.2) is 0 Å². The minimum atomic E-state index is -2.41. The van der Waals surface area contributed by atoms with Gasteiger partial charge in [-0.25, -0.2) is 9.78 Å². The molecule has 4 aliphatic heterocycles. The molecule has 22 nitrogen and oxygen atoms in total. The van der Waals surface area contributed by atoms with Gasteiger partial charge in [0.2, 0.25) is 11.6 Å².